The molecule has 0 bridgehead atoms. The Morgan fingerprint density at radius 3 is 2.76 bits per heavy atom. The van der Waals surface area contributed by atoms with Gasteiger partial charge in [0, 0.05) is 15.9 Å². The maximum absolute atomic E-state index is 11.7. The molecule has 1 aliphatic rings. The van der Waals surface area contributed by atoms with E-state index in [1.54, 1.807) is 17.8 Å². The standard InChI is InChI=1S/C22H29NOS/c1-5-8-9-10-11-17(6-2)18-12-13-20-22(14-18)25-21(16(4)23-20)15-19(24)7-3/h7,12-15,17H,3,5-6,8-11H2,1-2,4H3/b21-15+. The minimum absolute atomic E-state index is 0.0704. The van der Waals surface area contributed by atoms with Gasteiger partial charge in [-0.3, -0.25) is 9.79 Å². The van der Waals surface area contributed by atoms with Crippen LogP contribution in [0.25, 0.3) is 0 Å². The smallest absolute Gasteiger partial charge is 0.179 e. The third-order valence-electron chi connectivity index (χ3n) is 4.69. The van der Waals surface area contributed by atoms with Crippen LogP contribution in [0.15, 0.2) is 51.7 Å². The Balaban J connectivity index is 2.18. The summed E-state index contributed by atoms with van der Waals surface area (Å²) in [6, 6.07) is 6.63. The van der Waals surface area contributed by atoms with E-state index < -0.39 is 0 Å². The van der Waals surface area contributed by atoms with Crippen molar-refractivity contribution >= 4 is 28.9 Å². The fourth-order valence-electron chi connectivity index (χ4n) is 3.13. The molecule has 1 aromatic carbocycles. The summed E-state index contributed by atoms with van der Waals surface area (Å²) >= 11 is 1.64. The van der Waals surface area contributed by atoms with Crippen LogP contribution in [0.4, 0.5) is 5.69 Å². The van der Waals surface area contributed by atoms with Gasteiger partial charge in [-0.25, -0.2) is 0 Å². The predicted molar refractivity (Wildman–Crippen MR) is 110 cm³/mol. The van der Waals surface area contributed by atoms with Crippen molar-refractivity contribution in [1.82, 2.24) is 0 Å². The molecule has 2 rings (SSSR count). The van der Waals surface area contributed by atoms with Crippen molar-refractivity contribution in [2.45, 2.75) is 70.1 Å². The van der Waals surface area contributed by atoms with Gasteiger partial charge in [0.05, 0.1) is 11.4 Å². The monoisotopic (exact) mass is 355 g/mol. The molecule has 0 aromatic heterocycles. The SMILES string of the molecule is C=CC(=O)/C=C1/Sc2cc(C(CC)CCCCCC)ccc2N=C1C. The first-order valence-electron chi connectivity index (χ1n) is 9.34. The first-order valence-corrected chi connectivity index (χ1v) is 10.2. The lowest BCUT2D eigenvalue weighted by Gasteiger charge is -2.20. The molecule has 1 aliphatic heterocycles. The predicted octanol–water partition coefficient (Wildman–Crippen LogP) is 6.99. The molecule has 0 aliphatic carbocycles. The van der Waals surface area contributed by atoms with E-state index in [0.29, 0.717) is 5.92 Å². The van der Waals surface area contributed by atoms with Crippen LogP contribution < -0.4 is 0 Å². The van der Waals surface area contributed by atoms with E-state index in [2.05, 4.69) is 43.6 Å². The quantitative estimate of drug-likeness (QED) is 0.353. The van der Waals surface area contributed by atoms with E-state index in [9.17, 15) is 4.79 Å². The lowest BCUT2D eigenvalue weighted by molar-refractivity contribution is -0.110. The summed E-state index contributed by atoms with van der Waals surface area (Å²) in [7, 11) is 0. The van der Waals surface area contributed by atoms with E-state index >= 15 is 0 Å². The van der Waals surface area contributed by atoms with Crippen LogP contribution in [0, 0.1) is 0 Å². The minimum atomic E-state index is -0.0704. The minimum Gasteiger partial charge on any atom is -0.290 e. The maximum atomic E-state index is 11.7. The second-order valence-electron chi connectivity index (χ2n) is 6.60. The van der Waals surface area contributed by atoms with Gasteiger partial charge in [-0.15, -0.1) is 0 Å². The summed E-state index contributed by atoms with van der Waals surface area (Å²) in [5.74, 6) is 0.538. The van der Waals surface area contributed by atoms with Crippen molar-refractivity contribution in [1.29, 1.82) is 0 Å². The van der Waals surface area contributed by atoms with Gasteiger partial charge in [0.25, 0.3) is 0 Å². The number of aliphatic imine (C=N–C) groups is 1. The van der Waals surface area contributed by atoms with E-state index in [4.69, 9.17) is 0 Å². The van der Waals surface area contributed by atoms with Crippen LogP contribution in [-0.4, -0.2) is 11.5 Å². The molecule has 25 heavy (non-hydrogen) atoms. The number of fused-ring (bicyclic) bond motifs is 1. The third kappa shape index (κ3) is 5.43. The largest absolute Gasteiger partial charge is 0.290 e. The molecule has 1 heterocycles. The van der Waals surface area contributed by atoms with Crippen molar-refractivity contribution < 1.29 is 4.79 Å². The molecule has 0 saturated heterocycles. The van der Waals surface area contributed by atoms with Crippen molar-refractivity contribution in [3.05, 3.63) is 47.4 Å². The number of allylic oxidation sites excluding steroid dienone is 3. The Morgan fingerprint density at radius 1 is 1.28 bits per heavy atom. The highest BCUT2D eigenvalue weighted by molar-refractivity contribution is 8.04. The van der Waals surface area contributed by atoms with Gasteiger partial charge in [0.15, 0.2) is 5.78 Å². The van der Waals surface area contributed by atoms with E-state index in [1.165, 1.54) is 43.7 Å². The van der Waals surface area contributed by atoms with Crippen LogP contribution >= 0.6 is 11.8 Å². The second-order valence-corrected chi connectivity index (χ2v) is 7.68. The number of hydrogen-bond donors (Lipinski definition) is 0. The lowest BCUT2D eigenvalue weighted by atomic mass is 9.90. The van der Waals surface area contributed by atoms with Crippen molar-refractivity contribution in [3.63, 3.8) is 0 Å². The highest BCUT2D eigenvalue weighted by Crippen LogP contribution is 2.42. The molecule has 0 fully saturated rings. The van der Waals surface area contributed by atoms with Gasteiger partial charge < -0.3 is 0 Å². The summed E-state index contributed by atoms with van der Waals surface area (Å²) in [5, 5.41) is 0. The topological polar surface area (TPSA) is 29.4 Å². The molecule has 1 unspecified atom stereocenters. The van der Waals surface area contributed by atoms with Crippen LogP contribution in [0.2, 0.25) is 0 Å². The highest BCUT2D eigenvalue weighted by Gasteiger charge is 2.18. The third-order valence-corrected chi connectivity index (χ3v) is 5.87. The van der Waals surface area contributed by atoms with Crippen molar-refractivity contribution in [2.75, 3.05) is 0 Å². The zero-order valence-electron chi connectivity index (χ0n) is 15.7. The van der Waals surface area contributed by atoms with Gasteiger partial charge in [-0.1, -0.05) is 63.9 Å². The Labute approximate surface area is 156 Å². The molecule has 2 nitrogen and oxygen atoms in total. The Bertz CT molecular complexity index is 687. The Morgan fingerprint density at radius 2 is 2.08 bits per heavy atom. The molecular formula is C22H29NOS. The first kappa shape index (κ1) is 19.7. The number of thioether (sulfide) groups is 1. The first-order chi connectivity index (χ1) is 12.1. The van der Waals surface area contributed by atoms with Crippen LogP contribution in [0.5, 0.6) is 0 Å². The zero-order chi connectivity index (χ0) is 18.2. The average molecular weight is 356 g/mol. The van der Waals surface area contributed by atoms with E-state index in [1.807, 2.05) is 6.92 Å². The molecule has 134 valence electrons. The molecule has 0 radical (unpaired) electrons. The molecular weight excluding hydrogens is 326 g/mol. The average Bonchev–Trinajstić information content (AvgIpc) is 2.62. The molecule has 0 amide bonds. The molecule has 1 atom stereocenters. The van der Waals surface area contributed by atoms with E-state index in [0.717, 1.165) is 27.6 Å². The summed E-state index contributed by atoms with van der Waals surface area (Å²) < 4.78 is 0. The number of carbonyl (C=O) groups excluding carboxylic acids is 1. The number of carbonyl (C=O) groups is 1. The molecule has 0 spiro atoms. The Hall–Kier alpha value is -1.61. The van der Waals surface area contributed by atoms with Gasteiger partial charge in [-0.05, 0) is 49.5 Å². The summed E-state index contributed by atoms with van der Waals surface area (Å²) in [5.41, 5.74) is 3.30. The van der Waals surface area contributed by atoms with Gasteiger partial charge in [-0.2, -0.15) is 0 Å². The van der Waals surface area contributed by atoms with Gasteiger partial charge >= 0.3 is 0 Å². The summed E-state index contributed by atoms with van der Waals surface area (Å²) in [6.45, 7) is 10.0. The van der Waals surface area contributed by atoms with Crippen LogP contribution in [0.3, 0.4) is 0 Å². The number of benzene rings is 1. The van der Waals surface area contributed by atoms with Crippen LogP contribution in [-0.2, 0) is 4.79 Å². The number of hydrogen-bond acceptors (Lipinski definition) is 3. The normalized spacial score (nSPS) is 16.3. The Kier molecular flexibility index (Phi) is 7.70. The summed E-state index contributed by atoms with van der Waals surface area (Å²) in [6.07, 6.45) is 10.6. The number of unbranched alkanes of at least 4 members (excludes halogenated alkanes) is 3. The van der Waals surface area contributed by atoms with Crippen molar-refractivity contribution in [2.24, 2.45) is 4.99 Å². The molecule has 3 heteroatoms. The van der Waals surface area contributed by atoms with Gasteiger partial charge in [0.2, 0.25) is 0 Å². The lowest BCUT2D eigenvalue weighted by Crippen LogP contribution is -2.03. The maximum Gasteiger partial charge on any atom is 0.179 e. The zero-order valence-corrected chi connectivity index (χ0v) is 16.5. The van der Waals surface area contributed by atoms with Crippen molar-refractivity contribution in [3.8, 4) is 0 Å². The fourth-order valence-corrected chi connectivity index (χ4v) is 4.15. The number of ketones is 1. The van der Waals surface area contributed by atoms with Crippen LogP contribution in [0.1, 0.15) is 70.8 Å². The fraction of sp³-hybridized carbons (Fsp3) is 0.455. The molecule has 0 N–H and O–H groups in total. The second kappa shape index (κ2) is 9.76. The molecule has 1 aromatic rings. The summed E-state index contributed by atoms with van der Waals surface area (Å²) in [4.78, 5) is 18.4. The number of rotatable bonds is 9. The highest BCUT2D eigenvalue weighted by atomic mass is 32.2. The number of nitrogens with zero attached hydrogens (tertiary/aromatic N) is 1. The molecule has 0 saturated carbocycles. The van der Waals surface area contributed by atoms with Gasteiger partial charge in [0.1, 0.15) is 0 Å². The van der Waals surface area contributed by atoms with E-state index in [-0.39, 0.29) is 5.78 Å².